The van der Waals surface area contributed by atoms with Crippen LogP contribution in [0, 0.1) is 11.3 Å². The molecule has 3 heteroatoms. The molecule has 0 bridgehead atoms. The van der Waals surface area contributed by atoms with Crippen molar-refractivity contribution in [2.24, 2.45) is 11.3 Å². The van der Waals surface area contributed by atoms with Crippen LogP contribution in [0.1, 0.15) is 40.0 Å². The fourth-order valence-electron chi connectivity index (χ4n) is 2.60. The molecule has 0 heterocycles. The van der Waals surface area contributed by atoms with Crippen molar-refractivity contribution in [3.63, 3.8) is 0 Å². The Labute approximate surface area is 106 Å². The lowest BCUT2D eigenvalue weighted by molar-refractivity contribution is -0.134. The van der Waals surface area contributed by atoms with Crippen LogP contribution in [-0.2, 0) is 9.53 Å². The molecular weight excluding hydrogens is 214 g/mol. The van der Waals surface area contributed by atoms with E-state index in [1.54, 1.807) is 0 Å². The third-order valence-electron chi connectivity index (χ3n) is 3.75. The Hall–Kier alpha value is -0.410. The van der Waals surface area contributed by atoms with Gasteiger partial charge in [-0.25, -0.2) is 0 Å². The lowest BCUT2D eigenvalue weighted by Crippen LogP contribution is -2.41. The molecule has 0 N–H and O–H groups in total. The average Bonchev–Trinajstić information content (AvgIpc) is 2.25. The smallest absolute Gasteiger partial charge is 0.142 e. The predicted molar refractivity (Wildman–Crippen MR) is 70.1 cm³/mol. The number of ketones is 1. The summed E-state index contributed by atoms with van der Waals surface area (Å²) in [5, 5.41) is 0. The summed E-state index contributed by atoms with van der Waals surface area (Å²) in [6, 6.07) is 0. The predicted octanol–water partition coefficient (Wildman–Crippen LogP) is 2.35. The monoisotopic (exact) mass is 241 g/mol. The Morgan fingerprint density at radius 2 is 2.18 bits per heavy atom. The highest BCUT2D eigenvalue weighted by Crippen LogP contribution is 2.35. The van der Waals surface area contributed by atoms with E-state index in [0.29, 0.717) is 5.78 Å². The zero-order valence-electron chi connectivity index (χ0n) is 11.8. The van der Waals surface area contributed by atoms with Gasteiger partial charge in [0.1, 0.15) is 5.78 Å². The van der Waals surface area contributed by atoms with Gasteiger partial charge in [-0.1, -0.05) is 20.3 Å². The number of hydrogen-bond acceptors (Lipinski definition) is 3. The van der Waals surface area contributed by atoms with Crippen LogP contribution in [-0.4, -0.2) is 44.0 Å². The molecule has 100 valence electrons. The number of Topliss-reactive ketones (excluding diaryl/α,β-unsaturated/α-hetero) is 1. The molecular formula is C14H27NO2. The highest BCUT2D eigenvalue weighted by molar-refractivity contribution is 5.87. The Bertz CT molecular complexity index is 251. The number of ether oxygens (including phenoxy) is 1. The maximum atomic E-state index is 12.3. The number of likely N-dealkylation sites (N-methyl/N-ethyl adjacent to an activating group) is 1. The van der Waals surface area contributed by atoms with Crippen molar-refractivity contribution in [1.29, 1.82) is 0 Å². The van der Waals surface area contributed by atoms with E-state index in [4.69, 9.17) is 4.74 Å². The lowest BCUT2D eigenvalue weighted by Gasteiger charge is -2.35. The summed E-state index contributed by atoms with van der Waals surface area (Å²) in [5.41, 5.74) is -0.107. The van der Waals surface area contributed by atoms with Gasteiger partial charge in [0.05, 0.1) is 6.61 Å². The Kier molecular flexibility index (Phi) is 5.60. The molecule has 0 aliphatic heterocycles. The summed E-state index contributed by atoms with van der Waals surface area (Å²) in [5.74, 6) is 0.678. The largest absolute Gasteiger partial charge is 0.380 e. The number of carbonyl (C=O) groups excluding carboxylic acids is 1. The van der Waals surface area contributed by atoms with Crippen molar-refractivity contribution < 1.29 is 9.53 Å². The van der Waals surface area contributed by atoms with E-state index in [0.717, 1.165) is 39.1 Å². The first-order valence-electron chi connectivity index (χ1n) is 6.78. The Balaban J connectivity index is 2.37. The second-order valence-corrected chi connectivity index (χ2v) is 5.80. The van der Waals surface area contributed by atoms with Crippen LogP contribution in [0.5, 0.6) is 0 Å². The van der Waals surface area contributed by atoms with Gasteiger partial charge in [-0.15, -0.1) is 0 Å². The minimum Gasteiger partial charge on any atom is -0.380 e. The van der Waals surface area contributed by atoms with Gasteiger partial charge >= 0.3 is 0 Å². The van der Waals surface area contributed by atoms with Gasteiger partial charge in [0.15, 0.2) is 0 Å². The molecule has 1 unspecified atom stereocenters. The van der Waals surface area contributed by atoms with Crippen molar-refractivity contribution in [3.8, 4) is 0 Å². The number of hydrogen-bond donors (Lipinski definition) is 0. The summed E-state index contributed by atoms with van der Waals surface area (Å²) in [7, 11) is 2.08. The fraction of sp³-hybridized carbons (Fsp3) is 0.929. The van der Waals surface area contributed by atoms with Crippen molar-refractivity contribution in [3.05, 3.63) is 0 Å². The van der Waals surface area contributed by atoms with Crippen molar-refractivity contribution in [2.45, 2.75) is 40.0 Å². The van der Waals surface area contributed by atoms with E-state index in [9.17, 15) is 4.79 Å². The minimum atomic E-state index is -0.107. The molecule has 1 atom stereocenters. The number of rotatable bonds is 6. The standard InChI is InChI=1S/C14H27NO2/c1-5-17-10-9-15(4)11-12-7-6-8-14(2,3)13(12)16/h12H,5-11H2,1-4H3. The van der Waals surface area contributed by atoms with Crippen LogP contribution in [0.15, 0.2) is 0 Å². The molecule has 17 heavy (non-hydrogen) atoms. The van der Waals surface area contributed by atoms with Crippen LogP contribution in [0.25, 0.3) is 0 Å². The van der Waals surface area contributed by atoms with Crippen LogP contribution >= 0.6 is 0 Å². The SMILES string of the molecule is CCOCCN(C)CC1CCCC(C)(C)C1=O. The molecule has 0 radical (unpaired) electrons. The Morgan fingerprint density at radius 3 is 2.82 bits per heavy atom. The molecule has 0 aromatic carbocycles. The molecule has 1 rings (SSSR count). The van der Waals surface area contributed by atoms with Crippen molar-refractivity contribution >= 4 is 5.78 Å². The van der Waals surface area contributed by atoms with Gasteiger partial charge in [-0.2, -0.15) is 0 Å². The van der Waals surface area contributed by atoms with Gasteiger partial charge in [0.2, 0.25) is 0 Å². The van der Waals surface area contributed by atoms with Crippen LogP contribution in [0.4, 0.5) is 0 Å². The lowest BCUT2D eigenvalue weighted by atomic mass is 9.71. The molecule has 0 spiro atoms. The maximum Gasteiger partial charge on any atom is 0.142 e. The van der Waals surface area contributed by atoms with E-state index < -0.39 is 0 Å². The molecule has 0 saturated heterocycles. The maximum absolute atomic E-state index is 12.3. The topological polar surface area (TPSA) is 29.5 Å². The summed E-state index contributed by atoms with van der Waals surface area (Å²) in [4.78, 5) is 14.5. The second-order valence-electron chi connectivity index (χ2n) is 5.80. The molecule has 1 aliphatic rings. The first-order chi connectivity index (χ1) is 7.97. The average molecular weight is 241 g/mol. The third-order valence-corrected chi connectivity index (χ3v) is 3.75. The van der Waals surface area contributed by atoms with Crippen molar-refractivity contribution in [1.82, 2.24) is 4.90 Å². The van der Waals surface area contributed by atoms with E-state index in [1.165, 1.54) is 6.42 Å². The molecule has 1 fully saturated rings. The van der Waals surface area contributed by atoms with Crippen molar-refractivity contribution in [2.75, 3.05) is 33.4 Å². The van der Waals surface area contributed by atoms with Gasteiger partial charge in [-0.3, -0.25) is 4.79 Å². The molecule has 1 aliphatic carbocycles. The van der Waals surface area contributed by atoms with Gasteiger partial charge in [0.25, 0.3) is 0 Å². The quantitative estimate of drug-likeness (QED) is 0.669. The molecule has 0 aromatic heterocycles. The highest BCUT2D eigenvalue weighted by atomic mass is 16.5. The number of nitrogens with zero attached hydrogens (tertiary/aromatic N) is 1. The second kappa shape index (κ2) is 6.50. The third kappa shape index (κ3) is 4.40. The van der Waals surface area contributed by atoms with Gasteiger partial charge in [0, 0.05) is 31.0 Å². The minimum absolute atomic E-state index is 0.107. The molecule has 1 saturated carbocycles. The highest BCUT2D eigenvalue weighted by Gasteiger charge is 2.37. The first-order valence-corrected chi connectivity index (χ1v) is 6.78. The zero-order chi connectivity index (χ0) is 12.9. The van der Waals surface area contributed by atoms with Gasteiger partial charge in [-0.05, 0) is 26.8 Å². The summed E-state index contributed by atoms with van der Waals surface area (Å²) in [6.07, 6.45) is 3.29. The molecule has 0 amide bonds. The van der Waals surface area contributed by atoms with E-state index >= 15 is 0 Å². The Morgan fingerprint density at radius 1 is 1.47 bits per heavy atom. The van der Waals surface area contributed by atoms with E-state index in [-0.39, 0.29) is 11.3 Å². The van der Waals surface area contributed by atoms with E-state index in [2.05, 4.69) is 25.8 Å². The number of carbonyl (C=O) groups is 1. The zero-order valence-corrected chi connectivity index (χ0v) is 11.8. The van der Waals surface area contributed by atoms with Crippen LogP contribution < -0.4 is 0 Å². The van der Waals surface area contributed by atoms with Gasteiger partial charge < -0.3 is 9.64 Å². The normalized spacial score (nSPS) is 24.3. The summed E-state index contributed by atoms with van der Waals surface area (Å²) >= 11 is 0. The summed E-state index contributed by atoms with van der Waals surface area (Å²) < 4.78 is 5.33. The van der Waals surface area contributed by atoms with Crippen LogP contribution in [0.2, 0.25) is 0 Å². The van der Waals surface area contributed by atoms with Crippen LogP contribution in [0.3, 0.4) is 0 Å². The molecule has 0 aromatic rings. The summed E-state index contributed by atoms with van der Waals surface area (Å²) in [6.45, 7) is 9.50. The first kappa shape index (κ1) is 14.7. The van der Waals surface area contributed by atoms with E-state index in [1.807, 2.05) is 6.92 Å². The fourth-order valence-corrected chi connectivity index (χ4v) is 2.60. The molecule has 3 nitrogen and oxygen atoms in total.